The number of aryl methyl sites for hydroxylation is 2. The van der Waals surface area contributed by atoms with E-state index >= 15 is 0 Å². The number of benzene rings is 2. The predicted molar refractivity (Wildman–Crippen MR) is 111 cm³/mol. The molecule has 0 unspecified atom stereocenters. The molecule has 1 atom stereocenters. The third kappa shape index (κ3) is 4.35. The van der Waals surface area contributed by atoms with E-state index in [1.807, 2.05) is 6.07 Å². The smallest absolute Gasteiger partial charge is 0.251 e. The molecule has 2 aliphatic rings. The van der Waals surface area contributed by atoms with Gasteiger partial charge in [-0.2, -0.15) is 0 Å². The molecule has 3 nitrogen and oxygen atoms in total. The van der Waals surface area contributed by atoms with E-state index in [0.717, 1.165) is 43.0 Å². The van der Waals surface area contributed by atoms with Crippen molar-refractivity contribution in [2.45, 2.75) is 52.0 Å². The second-order valence-electron chi connectivity index (χ2n) is 8.23. The van der Waals surface area contributed by atoms with Crippen molar-refractivity contribution in [3.63, 3.8) is 0 Å². The molecule has 1 N–H and O–H groups in total. The van der Waals surface area contributed by atoms with Gasteiger partial charge >= 0.3 is 0 Å². The minimum absolute atomic E-state index is 0.0253. The lowest BCUT2D eigenvalue weighted by Crippen LogP contribution is -2.34. The lowest BCUT2D eigenvalue weighted by atomic mass is 9.90. The SMILES string of the molecule is C[C@H]1CCCN(c2ccc(CNC(=O)c3ccc4c(c3)CCCC4)cc2)C1. The van der Waals surface area contributed by atoms with Crippen LogP contribution in [0.25, 0.3) is 0 Å². The summed E-state index contributed by atoms with van der Waals surface area (Å²) in [7, 11) is 0. The zero-order valence-electron chi connectivity index (χ0n) is 16.3. The van der Waals surface area contributed by atoms with Crippen LogP contribution in [0.4, 0.5) is 5.69 Å². The maximum Gasteiger partial charge on any atom is 0.251 e. The summed E-state index contributed by atoms with van der Waals surface area (Å²) in [6.45, 7) is 5.20. The zero-order valence-corrected chi connectivity index (χ0v) is 16.3. The van der Waals surface area contributed by atoms with Crippen molar-refractivity contribution < 1.29 is 4.79 Å². The molecule has 0 aromatic heterocycles. The highest BCUT2D eigenvalue weighted by Gasteiger charge is 2.16. The molecule has 4 rings (SSSR count). The maximum atomic E-state index is 12.5. The molecular formula is C24H30N2O. The molecule has 1 heterocycles. The second kappa shape index (κ2) is 8.16. The fourth-order valence-corrected chi connectivity index (χ4v) is 4.41. The number of hydrogen-bond acceptors (Lipinski definition) is 2. The van der Waals surface area contributed by atoms with E-state index in [-0.39, 0.29) is 5.91 Å². The molecule has 1 aliphatic heterocycles. The highest BCUT2D eigenvalue weighted by Crippen LogP contribution is 2.24. The van der Waals surface area contributed by atoms with Gasteiger partial charge in [-0.3, -0.25) is 4.79 Å². The highest BCUT2D eigenvalue weighted by molar-refractivity contribution is 5.94. The predicted octanol–water partition coefficient (Wildman–Crippen LogP) is 4.73. The molecule has 1 saturated heterocycles. The quantitative estimate of drug-likeness (QED) is 0.853. The Morgan fingerprint density at radius 2 is 1.81 bits per heavy atom. The van der Waals surface area contributed by atoms with E-state index in [9.17, 15) is 4.79 Å². The molecule has 1 aliphatic carbocycles. The molecule has 0 spiro atoms. The van der Waals surface area contributed by atoms with Crippen LogP contribution in [0.1, 0.15) is 59.7 Å². The standard InChI is InChI=1S/C24H30N2O/c1-18-5-4-14-26(17-18)23-12-8-19(9-13-23)16-25-24(27)22-11-10-20-6-2-3-7-21(20)15-22/h8-13,15,18H,2-7,14,16-17H2,1H3,(H,25,27)/t18-/m0/s1. The minimum Gasteiger partial charge on any atom is -0.371 e. The Kier molecular flexibility index (Phi) is 5.47. The average Bonchev–Trinajstić information content (AvgIpc) is 2.72. The Balaban J connectivity index is 1.35. The van der Waals surface area contributed by atoms with Crippen molar-refractivity contribution in [2.75, 3.05) is 18.0 Å². The van der Waals surface area contributed by atoms with Gasteiger partial charge in [-0.15, -0.1) is 0 Å². The number of rotatable bonds is 4. The molecule has 2 aromatic rings. The number of anilines is 1. The lowest BCUT2D eigenvalue weighted by Gasteiger charge is -2.32. The second-order valence-corrected chi connectivity index (χ2v) is 8.23. The molecule has 142 valence electrons. The van der Waals surface area contributed by atoms with Crippen molar-refractivity contribution in [2.24, 2.45) is 5.92 Å². The van der Waals surface area contributed by atoms with Crippen LogP contribution in [-0.4, -0.2) is 19.0 Å². The summed E-state index contributed by atoms with van der Waals surface area (Å²) < 4.78 is 0. The van der Waals surface area contributed by atoms with Crippen molar-refractivity contribution in [3.8, 4) is 0 Å². The monoisotopic (exact) mass is 362 g/mol. The van der Waals surface area contributed by atoms with Crippen LogP contribution in [0.2, 0.25) is 0 Å². The molecule has 27 heavy (non-hydrogen) atoms. The average molecular weight is 363 g/mol. The first-order chi connectivity index (χ1) is 13.2. The molecule has 1 fully saturated rings. The van der Waals surface area contributed by atoms with E-state index in [2.05, 4.69) is 53.5 Å². The minimum atomic E-state index is 0.0253. The van der Waals surface area contributed by atoms with Crippen molar-refractivity contribution in [1.29, 1.82) is 0 Å². The van der Waals surface area contributed by atoms with Gasteiger partial charge in [-0.25, -0.2) is 0 Å². The number of carbonyl (C=O) groups is 1. The number of nitrogens with zero attached hydrogens (tertiary/aromatic N) is 1. The van der Waals surface area contributed by atoms with Crippen LogP contribution in [0.3, 0.4) is 0 Å². The molecule has 0 radical (unpaired) electrons. The first-order valence-electron chi connectivity index (χ1n) is 10.4. The number of nitrogens with one attached hydrogen (secondary N) is 1. The van der Waals surface area contributed by atoms with Gasteiger partial charge in [-0.05, 0) is 85.4 Å². The number of fused-ring (bicyclic) bond motifs is 1. The van der Waals surface area contributed by atoms with Crippen LogP contribution >= 0.6 is 0 Å². The fourth-order valence-electron chi connectivity index (χ4n) is 4.41. The van der Waals surface area contributed by atoms with Crippen LogP contribution in [0, 0.1) is 5.92 Å². The van der Waals surface area contributed by atoms with Crippen molar-refractivity contribution in [1.82, 2.24) is 5.32 Å². The van der Waals surface area contributed by atoms with Gasteiger partial charge in [0.15, 0.2) is 0 Å². The van der Waals surface area contributed by atoms with Crippen LogP contribution in [0.5, 0.6) is 0 Å². The van der Waals surface area contributed by atoms with Gasteiger partial charge in [-0.1, -0.05) is 25.1 Å². The van der Waals surface area contributed by atoms with Gasteiger partial charge in [0.2, 0.25) is 0 Å². The lowest BCUT2D eigenvalue weighted by molar-refractivity contribution is 0.0951. The maximum absolute atomic E-state index is 12.5. The van der Waals surface area contributed by atoms with E-state index in [1.165, 1.54) is 42.5 Å². The third-order valence-corrected chi connectivity index (χ3v) is 6.02. The largest absolute Gasteiger partial charge is 0.371 e. The van der Waals surface area contributed by atoms with Crippen LogP contribution < -0.4 is 10.2 Å². The number of piperidine rings is 1. The van der Waals surface area contributed by atoms with Gasteiger partial charge in [0.25, 0.3) is 5.91 Å². The summed E-state index contributed by atoms with van der Waals surface area (Å²) in [6.07, 6.45) is 7.38. The van der Waals surface area contributed by atoms with Crippen LogP contribution in [0.15, 0.2) is 42.5 Å². The highest BCUT2D eigenvalue weighted by atomic mass is 16.1. The van der Waals surface area contributed by atoms with Gasteiger partial charge in [0.05, 0.1) is 0 Å². The third-order valence-electron chi connectivity index (χ3n) is 6.02. The topological polar surface area (TPSA) is 32.3 Å². The summed E-state index contributed by atoms with van der Waals surface area (Å²) in [5, 5.41) is 3.08. The molecule has 2 aromatic carbocycles. The molecule has 1 amide bonds. The summed E-state index contributed by atoms with van der Waals surface area (Å²) in [5.74, 6) is 0.798. The Labute approximate surface area is 162 Å². The Morgan fingerprint density at radius 1 is 1.04 bits per heavy atom. The number of hydrogen-bond donors (Lipinski definition) is 1. The van der Waals surface area contributed by atoms with Gasteiger partial charge < -0.3 is 10.2 Å². The number of amides is 1. The first-order valence-corrected chi connectivity index (χ1v) is 10.4. The Hall–Kier alpha value is -2.29. The molecule has 0 saturated carbocycles. The normalized spacial score (nSPS) is 19.4. The molecular weight excluding hydrogens is 332 g/mol. The molecule has 0 bridgehead atoms. The summed E-state index contributed by atoms with van der Waals surface area (Å²) in [6, 6.07) is 14.9. The van der Waals surface area contributed by atoms with Crippen LogP contribution in [-0.2, 0) is 19.4 Å². The molecule has 3 heteroatoms. The first kappa shape index (κ1) is 18.1. The van der Waals surface area contributed by atoms with Gasteiger partial charge in [0, 0.05) is 30.9 Å². The van der Waals surface area contributed by atoms with E-state index < -0.39 is 0 Å². The summed E-state index contributed by atoms with van der Waals surface area (Å²) in [4.78, 5) is 15.0. The fraction of sp³-hybridized carbons (Fsp3) is 0.458. The van der Waals surface area contributed by atoms with Crippen molar-refractivity contribution >= 4 is 11.6 Å². The Morgan fingerprint density at radius 3 is 2.59 bits per heavy atom. The van der Waals surface area contributed by atoms with E-state index in [4.69, 9.17) is 0 Å². The number of carbonyl (C=O) groups excluding carboxylic acids is 1. The van der Waals surface area contributed by atoms with Crippen molar-refractivity contribution in [3.05, 3.63) is 64.7 Å². The van der Waals surface area contributed by atoms with Gasteiger partial charge in [0.1, 0.15) is 0 Å². The zero-order chi connectivity index (χ0) is 18.6. The Bertz CT molecular complexity index is 797. The van der Waals surface area contributed by atoms with E-state index in [0.29, 0.717) is 6.54 Å². The summed E-state index contributed by atoms with van der Waals surface area (Å²) >= 11 is 0. The summed E-state index contributed by atoms with van der Waals surface area (Å²) in [5.41, 5.74) is 6.01. The van der Waals surface area contributed by atoms with E-state index in [1.54, 1.807) is 0 Å².